The summed E-state index contributed by atoms with van der Waals surface area (Å²) in [7, 11) is -3.44. The van der Waals surface area contributed by atoms with Gasteiger partial charge in [-0.2, -0.15) is 13.2 Å². The number of sulfone groups is 1. The summed E-state index contributed by atoms with van der Waals surface area (Å²) in [6.07, 6.45) is -3.71. The van der Waals surface area contributed by atoms with Crippen molar-refractivity contribution in [2.45, 2.75) is 18.0 Å². The molecule has 3 rings (SSSR count). The van der Waals surface area contributed by atoms with Crippen LogP contribution in [0, 0.1) is 6.92 Å². The first kappa shape index (κ1) is 19.4. The Morgan fingerprint density at radius 3 is 2.22 bits per heavy atom. The van der Waals surface area contributed by atoms with E-state index in [-0.39, 0.29) is 27.0 Å². The number of alkyl halides is 3. The lowest BCUT2D eigenvalue weighted by Crippen LogP contribution is -2.08. The van der Waals surface area contributed by atoms with E-state index in [1.165, 1.54) is 24.3 Å². The maximum Gasteiger partial charge on any atom is 0.453 e. The van der Waals surface area contributed by atoms with Crippen molar-refractivity contribution >= 4 is 21.4 Å². The van der Waals surface area contributed by atoms with Crippen LogP contribution in [0.25, 0.3) is 17.1 Å². The van der Waals surface area contributed by atoms with Gasteiger partial charge in [0.25, 0.3) is 5.82 Å². The number of rotatable bonds is 3. The summed E-state index contributed by atoms with van der Waals surface area (Å²) >= 11 is 6.19. The topological polar surface area (TPSA) is 64.8 Å². The third-order valence-corrected chi connectivity index (χ3v) is 5.18. The van der Waals surface area contributed by atoms with Crippen LogP contribution in [-0.4, -0.2) is 29.4 Å². The second kappa shape index (κ2) is 6.65. The van der Waals surface area contributed by atoms with Gasteiger partial charge in [0, 0.05) is 11.8 Å². The quantitative estimate of drug-likeness (QED) is 0.639. The smallest absolute Gasteiger partial charge is 0.224 e. The van der Waals surface area contributed by atoms with Gasteiger partial charge >= 0.3 is 6.18 Å². The van der Waals surface area contributed by atoms with Crippen LogP contribution in [0.4, 0.5) is 13.2 Å². The summed E-state index contributed by atoms with van der Waals surface area (Å²) in [6, 6.07) is 10.2. The molecule has 142 valence electrons. The van der Waals surface area contributed by atoms with Crippen molar-refractivity contribution in [1.82, 2.24) is 14.8 Å². The van der Waals surface area contributed by atoms with E-state index in [2.05, 4.69) is 10.1 Å². The van der Waals surface area contributed by atoms with Crippen molar-refractivity contribution in [3.05, 3.63) is 58.9 Å². The van der Waals surface area contributed by atoms with Crippen molar-refractivity contribution < 1.29 is 21.6 Å². The molecule has 0 bridgehead atoms. The van der Waals surface area contributed by atoms with Crippen molar-refractivity contribution in [1.29, 1.82) is 0 Å². The number of aryl methyl sites for hydroxylation is 1. The average molecular weight is 416 g/mol. The van der Waals surface area contributed by atoms with E-state index in [4.69, 9.17) is 11.6 Å². The van der Waals surface area contributed by atoms with Crippen LogP contribution in [0.15, 0.2) is 47.4 Å². The maximum absolute atomic E-state index is 13.1. The molecule has 1 heterocycles. The molecule has 0 atom stereocenters. The minimum atomic E-state index is -4.75. The first-order chi connectivity index (χ1) is 12.5. The summed E-state index contributed by atoms with van der Waals surface area (Å²) in [5.41, 5.74) is 1.33. The van der Waals surface area contributed by atoms with E-state index >= 15 is 0 Å². The molecule has 1 aromatic heterocycles. The van der Waals surface area contributed by atoms with E-state index in [0.29, 0.717) is 0 Å². The van der Waals surface area contributed by atoms with Gasteiger partial charge in [0.1, 0.15) is 0 Å². The number of hydrogen-bond donors (Lipinski definition) is 0. The van der Waals surface area contributed by atoms with Gasteiger partial charge in [-0.15, -0.1) is 5.10 Å². The van der Waals surface area contributed by atoms with Crippen molar-refractivity contribution in [2.75, 3.05) is 6.26 Å². The molecule has 0 unspecified atom stereocenters. The number of benzene rings is 2. The first-order valence-corrected chi connectivity index (χ1v) is 9.85. The summed E-state index contributed by atoms with van der Waals surface area (Å²) in [6.45, 7) is 1.80. The highest BCUT2D eigenvalue weighted by Crippen LogP contribution is 2.33. The largest absolute Gasteiger partial charge is 0.453 e. The van der Waals surface area contributed by atoms with Crippen LogP contribution < -0.4 is 0 Å². The van der Waals surface area contributed by atoms with Crippen LogP contribution in [0.2, 0.25) is 5.02 Å². The minimum absolute atomic E-state index is 0.0392. The van der Waals surface area contributed by atoms with Crippen molar-refractivity contribution in [3.8, 4) is 17.1 Å². The molecular formula is C17H13ClF3N3O2S. The van der Waals surface area contributed by atoms with Crippen LogP contribution >= 0.6 is 11.6 Å². The lowest BCUT2D eigenvalue weighted by Gasteiger charge is -2.08. The molecule has 0 amide bonds. The molecule has 2 aromatic carbocycles. The molecule has 0 N–H and O–H groups in total. The Labute approximate surface area is 158 Å². The molecule has 0 aliphatic heterocycles. The Balaban J connectivity index is 2.21. The van der Waals surface area contributed by atoms with E-state index in [1.54, 1.807) is 25.1 Å². The second-order valence-electron chi connectivity index (χ2n) is 5.92. The van der Waals surface area contributed by atoms with Gasteiger partial charge in [0.05, 0.1) is 15.6 Å². The number of nitrogens with zero attached hydrogens (tertiary/aromatic N) is 3. The van der Waals surface area contributed by atoms with Gasteiger partial charge in [0.2, 0.25) is 0 Å². The summed E-state index contributed by atoms with van der Waals surface area (Å²) < 4.78 is 63.6. The zero-order valence-electron chi connectivity index (χ0n) is 14.1. The van der Waals surface area contributed by atoms with Crippen molar-refractivity contribution in [2.24, 2.45) is 0 Å². The zero-order chi connectivity index (χ0) is 20.0. The van der Waals surface area contributed by atoms with E-state index in [1.807, 2.05) is 0 Å². The van der Waals surface area contributed by atoms with Gasteiger partial charge < -0.3 is 0 Å². The van der Waals surface area contributed by atoms with Gasteiger partial charge in [-0.05, 0) is 48.9 Å². The Morgan fingerprint density at radius 1 is 1.07 bits per heavy atom. The molecule has 0 fully saturated rings. The Hall–Kier alpha value is -2.39. The zero-order valence-corrected chi connectivity index (χ0v) is 15.7. The van der Waals surface area contributed by atoms with E-state index in [0.717, 1.165) is 16.5 Å². The molecule has 0 saturated carbocycles. The molecule has 27 heavy (non-hydrogen) atoms. The number of aromatic nitrogens is 3. The lowest BCUT2D eigenvalue weighted by molar-refractivity contribution is -0.144. The van der Waals surface area contributed by atoms with Gasteiger partial charge in [-0.1, -0.05) is 17.7 Å². The Bertz CT molecular complexity index is 1110. The maximum atomic E-state index is 13.1. The van der Waals surface area contributed by atoms with Crippen molar-refractivity contribution in [3.63, 3.8) is 0 Å². The van der Waals surface area contributed by atoms with Crippen LogP contribution in [-0.2, 0) is 16.0 Å². The minimum Gasteiger partial charge on any atom is -0.224 e. The monoisotopic (exact) mass is 415 g/mol. The number of hydrogen-bond acceptors (Lipinski definition) is 4. The third kappa shape index (κ3) is 3.98. The molecule has 0 aliphatic rings. The molecule has 0 radical (unpaired) electrons. The number of halogens is 4. The highest BCUT2D eigenvalue weighted by atomic mass is 35.5. The predicted octanol–water partition coefficient (Wildman–Crippen LogP) is 4.32. The lowest BCUT2D eigenvalue weighted by atomic mass is 10.1. The van der Waals surface area contributed by atoms with Crippen LogP contribution in [0.3, 0.4) is 0 Å². The standard InChI is InChI=1S/C17H13ClF3N3O2S/c1-10-3-8-13(14(18)9-10)15-22-16(17(19,20)21)23-24(15)11-4-6-12(7-5-11)27(2,25)26/h3-9H,1-2H3. The summed E-state index contributed by atoms with van der Waals surface area (Å²) in [5, 5.41) is 3.78. The summed E-state index contributed by atoms with van der Waals surface area (Å²) in [4.78, 5) is 3.65. The molecular weight excluding hydrogens is 403 g/mol. The van der Waals surface area contributed by atoms with Gasteiger partial charge in [0.15, 0.2) is 15.7 Å². The molecule has 0 saturated heterocycles. The fourth-order valence-corrected chi connectivity index (χ4v) is 3.37. The Kier molecular flexibility index (Phi) is 4.77. The van der Waals surface area contributed by atoms with Crippen LogP contribution in [0.5, 0.6) is 0 Å². The first-order valence-electron chi connectivity index (χ1n) is 7.58. The van der Waals surface area contributed by atoms with Gasteiger partial charge in [-0.3, -0.25) is 0 Å². The molecule has 0 spiro atoms. The molecule has 0 aliphatic carbocycles. The summed E-state index contributed by atoms with van der Waals surface area (Å²) in [5.74, 6) is -1.42. The highest BCUT2D eigenvalue weighted by Gasteiger charge is 2.37. The molecule has 3 aromatic rings. The SMILES string of the molecule is Cc1ccc(-c2nc(C(F)(F)F)nn2-c2ccc(S(C)(=O)=O)cc2)c(Cl)c1. The third-order valence-electron chi connectivity index (χ3n) is 3.74. The molecule has 10 heteroatoms. The van der Waals surface area contributed by atoms with Crippen LogP contribution in [0.1, 0.15) is 11.4 Å². The second-order valence-corrected chi connectivity index (χ2v) is 8.34. The van der Waals surface area contributed by atoms with Gasteiger partial charge in [-0.25, -0.2) is 18.1 Å². The fourth-order valence-electron chi connectivity index (χ4n) is 2.42. The fraction of sp³-hybridized carbons (Fsp3) is 0.176. The average Bonchev–Trinajstić information content (AvgIpc) is 2.99. The molecule has 5 nitrogen and oxygen atoms in total. The Morgan fingerprint density at radius 2 is 1.70 bits per heavy atom. The predicted molar refractivity (Wildman–Crippen MR) is 94.7 cm³/mol. The normalized spacial score (nSPS) is 12.4. The highest BCUT2D eigenvalue weighted by molar-refractivity contribution is 7.90. The van der Waals surface area contributed by atoms with E-state index < -0.39 is 21.8 Å². The van der Waals surface area contributed by atoms with E-state index in [9.17, 15) is 21.6 Å².